The van der Waals surface area contributed by atoms with E-state index >= 15 is 0 Å². The summed E-state index contributed by atoms with van der Waals surface area (Å²) < 4.78 is 5.34. The molecule has 2 aliphatic heterocycles. The number of nitrogens with zero attached hydrogens (tertiary/aromatic N) is 1. The lowest BCUT2D eigenvalue weighted by Crippen LogP contribution is -2.40. The second-order valence-corrected chi connectivity index (χ2v) is 5.91. The van der Waals surface area contributed by atoms with E-state index in [4.69, 9.17) is 4.74 Å². The molecule has 17 heavy (non-hydrogen) atoms. The summed E-state index contributed by atoms with van der Waals surface area (Å²) in [6, 6.07) is 0. The molecule has 0 aliphatic carbocycles. The second kappa shape index (κ2) is 4.20. The largest absolute Gasteiger partial charge is 0.444 e. The molecule has 0 radical (unpaired) electrons. The van der Waals surface area contributed by atoms with Crippen molar-refractivity contribution in [3.8, 4) is 0 Å². The van der Waals surface area contributed by atoms with Crippen molar-refractivity contribution < 1.29 is 14.3 Å². The van der Waals surface area contributed by atoms with E-state index in [0.29, 0.717) is 37.9 Å². The van der Waals surface area contributed by atoms with E-state index in [1.54, 1.807) is 4.90 Å². The lowest BCUT2D eigenvalue weighted by molar-refractivity contribution is -0.124. The Balaban J connectivity index is 1.93. The van der Waals surface area contributed by atoms with E-state index in [1.165, 1.54) is 0 Å². The third-order valence-corrected chi connectivity index (χ3v) is 3.24. The summed E-state index contributed by atoms with van der Waals surface area (Å²) >= 11 is 0. The van der Waals surface area contributed by atoms with Crippen LogP contribution in [0.5, 0.6) is 0 Å². The molecule has 5 nitrogen and oxygen atoms in total. The maximum absolute atomic E-state index is 11.9. The number of piperidine rings is 1. The molecule has 2 aliphatic rings. The van der Waals surface area contributed by atoms with Gasteiger partial charge in [-0.05, 0) is 32.6 Å². The number of ether oxygens (including phenoxy) is 1. The van der Waals surface area contributed by atoms with Crippen LogP contribution < -0.4 is 5.32 Å². The molecule has 2 fully saturated rings. The summed E-state index contributed by atoms with van der Waals surface area (Å²) in [7, 11) is 0. The average Bonchev–Trinajstić information content (AvgIpc) is 2.57. The molecule has 1 N–H and O–H groups in total. The van der Waals surface area contributed by atoms with Crippen molar-refractivity contribution in [1.29, 1.82) is 0 Å². The predicted molar refractivity (Wildman–Crippen MR) is 62.4 cm³/mol. The number of likely N-dealkylation sites (tertiary alicyclic amines) is 1. The topological polar surface area (TPSA) is 58.6 Å². The molecule has 2 amide bonds. The Hall–Kier alpha value is -1.26. The molecule has 5 heteroatoms. The Kier molecular flexibility index (Phi) is 3.02. The molecule has 2 atom stereocenters. The first-order valence-electron chi connectivity index (χ1n) is 6.10. The SMILES string of the molecule is CC(C)(C)OC(=O)N1CC2CNC(=O)CC2C1. The van der Waals surface area contributed by atoms with Crippen LogP contribution in [0.15, 0.2) is 0 Å². The van der Waals surface area contributed by atoms with Gasteiger partial charge in [0.2, 0.25) is 5.91 Å². The van der Waals surface area contributed by atoms with Gasteiger partial charge >= 0.3 is 6.09 Å². The van der Waals surface area contributed by atoms with E-state index in [2.05, 4.69) is 5.32 Å². The highest BCUT2D eigenvalue weighted by Crippen LogP contribution is 2.29. The highest BCUT2D eigenvalue weighted by Gasteiger charge is 2.40. The van der Waals surface area contributed by atoms with Gasteiger partial charge < -0.3 is 15.0 Å². The van der Waals surface area contributed by atoms with Crippen molar-refractivity contribution in [1.82, 2.24) is 10.2 Å². The summed E-state index contributed by atoms with van der Waals surface area (Å²) in [5, 5.41) is 2.84. The summed E-state index contributed by atoms with van der Waals surface area (Å²) in [5.74, 6) is 0.786. The molecule has 2 rings (SSSR count). The fourth-order valence-electron chi connectivity index (χ4n) is 2.43. The van der Waals surface area contributed by atoms with Gasteiger partial charge in [-0.15, -0.1) is 0 Å². The fourth-order valence-corrected chi connectivity index (χ4v) is 2.43. The predicted octanol–water partition coefficient (Wildman–Crippen LogP) is 0.989. The molecule has 2 saturated heterocycles. The lowest BCUT2D eigenvalue weighted by atomic mass is 9.89. The number of hydrogen-bond donors (Lipinski definition) is 1. The molecular weight excluding hydrogens is 220 g/mol. The van der Waals surface area contributed by atoms with Gasteiger partial charge in [-0.2, -0.15) is 0 Å². The Morgan fingerprint density at radius 3 is 2.65 bits per heavy atom. The zero-order chi connectivity index (χ0) is 12.6. The van der Waals surface area contributed by atoms with Gasteiger partial charge in [-0.25, -0.2) is 4.79 Å². The molecule has 0 aromatic rings. The Morgan fingerprint density at radius 2 is 2.00 bits per heavy atom. The quantitative estimate of drug-likeness (QED) is 0.687. The van der Waals surface area contributed by atoms with Crippen molar-refractivity contribution in [3.05, 3.63) is 0 Å². The molecule has 0 aromatic carbocycles. The minimum atomic E-state index is -0.459. The lowest BCUT2D eigenvalue weighted by Gasteiger charge is -2.24. The molecule has 2 heterocycles. The van der Waals surface area contributed by atoms with E-state index in [1.807, 2.05) is 20.8 Å². The number of carbonyl (C=O) groups is 2. The van der Waals surface area contributed by atoms with E-state index in [0.717, 1.165) is 0 Å². The minimum absolute atomic E-state index is 0.0947. The van der Waals surface area contributed by atoms with Crippen LogP contribution in [0.25, 0.3) is 0 Å². The number of fused-ring (bicyclic) bond motifs is 1. The first-order valence-corrected chi connectivity index (χ1v) is 6.10. The summed E-state index contributed by atoms with van der Waals surface area (Å²) in [4.78, 5) is 24.9. The number of amides is 2. The van der Waals surface area contributed by atoms with Crippen LogP contribution in [0.3, 0.4) is 0 Å². The number of nitrogens with one attached hydrogen (secondary N) is 1. The van der Waals surface area contributed by atoms with Gasteiger partial charge in [0.1, 0.15) is 5.60 Å². The smallest absolute Gasteiger partial charge is 0.410 e. The minimum Gasteiger partial charge on any atom is -0.444 e. The number of hydrogen-bond acceptors (Lipinski definition) is 3. The van der Waals surface area contributed by atoms with Gasteiger partial charge in [0, 0.05) is 26.1 Å². The van der Waals surface area contributed by atoms with Crippen molar-refractivity contribution in [2.24, 2.45) is 11.8 Å². The highest BCUT2D eigenvalue weighted by atomic mass is 16.6. The van der Waals surface area contributed by atoms with E-state index < -0.39 is 5.60 Å². The standard InChI is InChI=1S/C12H20N2O3/c1-12(2,3)17-11(16)14-6-8-4-10(15)13-5-9(8)7-14/h8-9H,4-7H2,1-3H3,(H,13,15). The maximum Gasteiger partial charge on any atom is 0.410 e. The van der Waals surface area contributed by atoms with Crippen LogP contribution in [0.1, 0.15) is 27.2 Å². The van der Waals surface area contributed by atoms with Crippen LogP contribution in [-0.4, -0.2) is 42.1 Å². The zero-order valence-electron chi connectivity index (χ0n) is 10.7. The average molecular weight is 240 g/mol. The van der Waals surface area contributed by atoms with Crippen molar-refractivity contribution >= 4 is 12.0 Å². The van der Waals surface area contributed by atoms with E-state index in [-0.39, 0.29) is 12.0 Å². The maximum atomic E-state index is 11.9. The third kappa shape index (κ3) is 2.90. The first kappa shape index (κ1) is 12.2. The third-order valence-electron chi connectivity index (χ3n) is 3.24. The fraction of sp³-hybridized carbons (Fsp3) is 0.833. The zero-order valence-corrected chi connectivity index (χ0v) is 10.7. The van der Waals surface area contributed by atoms with Gasteiger partial charge in [0.15, 0.2) is 0 Å². The Labute approximate surface area is 101 Å². The van der Waals surface area contributed by atoms with Crippen LogP contribution in [0.4, 0.5) is 4.79 Å². The summed E-state index contributed by atoms with van der Waals surface area (Å²) in [6.45, 7) is 7.60. The van der Waals surface area contributed by atoms with Gasteiger partial charge in [-0.1, -0.05) is 0 Å². The van der Waals surface area contributed by atoms with Crippen LogP contribution in [0, 0.1) is 11.8 Å². The van der Waals surface area contributed by atoms with Gasteiger partial charge in [0.05, 0.1) is 0 Å². The summed E-state index contributed by atoms with van der Waals surface area (Å²) in [5.41, 5.74) is -0.459. The Bertz CT molecular complexity index is 335. The molecule has 2 unspecified atom stereocenters. The Morgan fingerprint density at radius 1 is 1.35 bits per heavy atom. The number of rotatable bonds is 0. The van der Waals surface area contributed by atoms with Crippen molar-refractivity contribution in [2.75, 3.05) is 19.6 Å². The second-order valence-electron chi connectivity index (χ2n) is 5.91. The van der Waals surface area contributed by atoms with Crippen LogP contribution >= 0.6 is 0 Å². The van der Waals surface area contributed by atoms with E-state index in [9.17, 15) is 9.59 Å². The molecule has 96 valence electrons. The molecule has 0 aromatic heterocycles. The monoisotopic (exact) mass is 240 g/mol. The number of carbonyl (C=O) groups excluding carboxylic acids is 2. The van der Waals surface area contributed by atoms with Crippen LogP contribution in [0.2, 0.25) is 0 Å². The van der Waals surface area contributed by atoms with Crippen molar-refractivity contribution in [3.63, 3.8) is 0 Å². The van der Waals surface area contributed by atoms with Gasteiger partial charge in [0.25, 0.3) is 0 Å². The highest BCUT2D eigenvalue weighted by molar-refractivity contribution is 5.77. The van der Waals surface area contributed by atoms with Gasteiger partial charge in [-0.3, -0.25) is 4.79 Å². The molecule has 0 bridgehead atoms. The normalized spacial score (nSPS) is 28.6. The molecular formula is C12H20N2O3. The van der Waals surface area contributed by atoms with Crippen molar-refractivity contribution in [2.45, 2.75) is 32.8 Å². The van der Waals surface area contributed by atoms with Crippen LogP contribution in [-0.2, 0) is 9.53 Å². The molecule has 0 spiro atoms. The first-order chi connectivity index (χ1) is 7.85. The summed E-state index contributed by atoms with van der Waals surface area (Å²) in [6.07, 6.45) is 0.267. The molecule has 0 saturated carbocycles.